The van der Waals surface area contributed by atoms with E-state index in [1.807, 2.05) is 49.4 Å². The van der Waals surface area contributed by atoms with Gasteiger partial charge in [-0.25, -0.2) is 8.42 Å². The molecule has 5 rings (SSSR count). The smallest absolute Gasteiger partial charge is 0.248 e. The van der Waals surface area contributed by atoms with Gasteiger partial charge in [0.25, 0.3) is 0 Å². The van der Waals surface area contributed by atoms with Gasteiger partial charge in [-0.05, 0) is 49.4 Å². The molecule has 11 heteroatoms. The molecule has 180 valence electrons. The molecule has 0 atom stereocenters. The van der Waals surface area contributed by atoms with Crippen LogP contribution in [-0.4, -0.2) is 44.6 Å². The van der Waals surface area contributed by atoms with E-state index in [0.29, 0.717) is 33.9 Å². The molecule has 0 amide bonds. The van der Waals surface area contributed by atoms with Gasteiger partial charge < -0.3 is 4.42 Å². The highest BCUT2D eigenvalue weighted by atomic mass is 35.5. The van der Waals surface area contributed by atoms with Crippen molar-refractivity contribution in [2.24, 2.45) is 0 Å². The molecule has 0 fully saturated rings. The van der Waals surface area contributed by atoms with Gasteiger partial charge in [0, 0.05) is 24.1 Å². The number of para-hydroxylation sites is 1. The Hall–Kier alpha value is -4.15. The van der Waals surface area contributed by atoms with Crippen LogP contribution in [0.25, 0.3) is 40.8 Å². The molecule has 0 bridgehead atoms. The van der Waals surface area contributed by atoms with Crippen molar-refractivity contribution in [2.45, 2.75) is 11.8 Å². The van der Waals surface area contributed by atoms with E-state index >= 15 is 0 Å². The van der Waals surface area contributed by atoms with E-state index in [1.165, 1.54) is 12.3 Å². The van der Waals surface area contributed by atoms with Crippen molar-refractivity contribution in [1.82, 2.24) is 29.9 Å². The van der Waals surface area contributed by atoms with Crippen molar-refractivity contribution in [3.05, 3.63) is 89.2 Å². The summed E-state index contributed by atoms with van der Waals surface area (Å²) in [4.78, 5) is 4.40. The number of rotatable bonds is 6. The first-order valence-corrected chi connectivity index (χ1v) is 13.0. The number of aryl methyl sites for hydroxylation is 1. The lowest BCUT2D eigenvalue weighted by Gasteiger charge is -2.10. The first-order chi connectivity index (χ1) is 17.3. The summed E-state index contributed by atoms with van der Waals surface area (Å²) >= 11 is 6.49. The maximum atomic E-state index is 11.8. The summed E-state index contributed by atoms with van der Waals surface area (Å²) in [7, 11) is -3.39. The van der Waals surface area contributed by atoms with Gasteiger partial charge in [0.15, 0.2) is 21.5 Å². The summed E-state index contributed by atoms with van der Waals surface area (Å²) < 4.78 is 31.1. The molecule has 5 aromatic rings. The van der Waals surface area contributed by atoms with Crippen LogP contribution in [0.5, 0.6) is 0 Å². The number of benzene rings is 2. The maximum Gasteiger partial charge on any atom is 0.248 e. The molecule has 3 heterocycles. The third-order valence-electron chi connectivity index (χ3n) is 5.29. The van der Waals surface area contributed by atoms with Crippen molar-refractivity contribution in [3.63, 3.8) is 0 Å². The Bertz CT molecular complexity index is 1670. The molecule has 0 N–H and O–H groups in total. The number of pyridine rings is 1. The highest BCUT2D eigenvalue weighted by Gasteiger charge is 2.18. The van der Waals surface area contributed by atoms with Crippen LogP contribution in [0, 0.1) is 6.92 Å². The van der Waals surface area contributed by atoms with Crippen LogP contribution in [0.4, 0.5) is 0 Å². The lowest BCUT2D eigenvalue weighted by Crippen LogP contribution is -2.03. The largest absolute Gasteiger partial charge is 0.417 e. The Labute approximate surface area is 212 Å². The average molecular weight is 519 g/mol. The van der Waals surface area contributed by atoms with Gasteiger partial charge in [-0.2, -0.15) is 0 Å². The predicted molar refractivity (Wildman–Crippen MR) is 136 cm³/mol. The van der Waals surface area contributed by atoms with Crippen molar-refractivity contribution < 1.29 is 12.8 Å². The minimum Gasteiger partial charge on any atom is -0.417 e. The molecule has 0 spiro atoms. The Morgan fingerprint density at radius 3 is 2.39 bits per heavy atom. The van der Waals surface area contributed by atoms with E-state index in [4.69, 9.17) is 16.0 Å². The van der Waals surface area contributed by atoms with Crippen molar-refractivity contribution >= 4 is 33.6 Å². The molecule has 0 radical (unpaired) electrons. The van der Waals surface area contributed by atoms with Gasteiger partial charge in [0.2, 0.25) is 11.8 Å². The molecule has 0 saturated carbocycles. The van der Waals surface area contributed by atoms with Crippen molar-refractivity contribution in [3.8, 4) is 28.7 Å². The topological polar surface area (TPSA) is 117 Å². The standard InChI is InChI=1S/C25H19ClN6O3S/c1-16-7-9-17(10-8-16)25-31-29-23(35-25)14-13-22-28-30-24(32(22)21-6-4-3-5-19(21)26)20-12-11-18(15-27-20)36(2,33)34/h3-15H,1-2H3/b14-13+. The van der Waals surface area contributed by atoms with E-state index in [1.54, 1.807) is 28.9 Å². The molecule has 0 aliphatic rings. The minimum absolute atomic E-state index is 0.107. The fourth-order valence-electron chi connectivity index (χ4n) is 3.43. The molecule has 9 nitrogen and oxygen atoms in total. The first-order valence-electron chi connectivity index (χ1n) is 10.7. The van der Waals surface area contributed by atoms with E-state index in [9.17, 15) is 8.42 Å². The number of halogens is 1. The van der Waals surface area contributed by atoms with Crippen LogP contribution in [-0.2, 0) is 9.84 Å². The van der Waals surface area contributed by atoms with Gasteiger partial charge in [-0.1, -0.05) is 41.4 Å². The Balaban J connectivity index is 1.54. The molecule has 36 heavy (non-hydrogen) atoms. The zero-order valence-corrected chi connectivity index (χ0v) is 20.8. The van der Waals surface area contributed by atoms with Crippen LogP contribution >= 0.6 is 11.6 Å². The van der Waals surface area contributed by atoms with Crippen LogP contribution in [0.2, 0.25) is 5.02 Å². The second-order valence-electron chi connectivity index (χ2n) is 7.96. The first kappa shape index (κ1) is 23.6. The van der Waals surface area contributed by atoms with Crippen LogP contribution in [0.1, 0.15) is 17.3 Å². The number of nitrogens with zero attached hydrogens (tertiary/aromatic N) is 6. The molecule has 0 saturated heterocycles. The van der Waals surface area contributed by atoms with Gasteiger partial charge in [-0.3, -0.25) is 9.55 Å². The summed E-state index contributed by atoms with van der Waals surface area (Å²) in [6, 6.07) is 18.0. The molecule has 0 unspecified atom stereocenters. The zero-order chi connectivity index (χ0) is 25.3. The number of hydrogen-bond donors (Lipinski definition) is 0. The highest BCUT2D eigenvalue weighted by Crippen LogP contribution is 2.28. The van der Waals surface area contributed by atoms with E-state index in [2.05, 4.69) is 25.4 Å². The molecule has 0 aliphatic heterocycles. The average Bonchev–Trinajstić information content (AvgIpc) is 3.50. The van der Waals surface area contributed by atoms with Crippen LogP contribution in [0.15, 0.2) is 76.2 Å². The summed E-state index contributed by atoms with van der Waals surface area (Å²) in [5, 5.41) is 17.3. The molecular formula is C25H19ClN6O3S. The maximum absolute atomic E-state index is 11.8. The fourth-order valence-corrected chi connectivity index (χ4v) is 4.21. The summed E-state index contributed by atoms with van der Waals surface area (Å²) in [5.41, 5.74) is 3.00. The third kappa shape index (κ3) is 4.81. The van der Waals surface area contributed by atoms with Gasteiger partial charge in [0.1, 0.15) is 5.69 Å². The normalized spacial score (nSPS) is 11.9. The Morgan fingerprint density at radius 1 is 0.917 bits per heavy atom. The summed E-state index contributed by atoms with van der Waals surface area (Å²) in [6.45, 7) is 2.00. The monoisotopic (exact) mass is 518 g/mol. The Morgan fingerprint density at radius 2 is 1.69 bits per heavy atom. The SMILES string of the molecule is Cc1ccc(-c2nnc(/C=C/c3nnc(-c4ccc(S(C)(=O)=O)cn4)n3-c3ccccc3Cl)o2)cc1. The van der Waals surface area contributed by atoms with Crippen LogP contribution < -0.4 is 0 Å². The second kappa shape index (κ2) is 9.48. The quantitative estimate of drug-likeness (QED) is 0.311. The van der Waals surface area contributed by atoms with E-state index < -0.39 is 9.84 Å². The summed E-state index contributed by atoms with van der Waals surface area (Å²) in [5.74, 6) is 1.50. The molecule has 3 aromatic heterocycles. The van der Waals surface area contributed by atoms with Gasteiger partial charge >= 0.3 is 0 Å². The number of sulfone groups is 1. The van der Waals surface area contributed by atoms with Crippen LogP contribution in [0.3, 0.4) is 0 Å². The molecular weight excluding hydrogens is 500 g/mol. The Kier molecular flexibility index (Phi) is 6.21. The van der Waals surface area contributed by atoms with Gasteiger partial charge in [-0.15, -0.1) is 20.4 Å². The third-order valence-corrected chi connectivity index (χ3v) is 6.71. The minimum atomic E-state index is -3.39. The molecule has 2 aromatic carbocycles. The second-order valence-corrected chi connectivity index (χ2v) is 10.4. The fraction of sp³-hybridized carbons (Fsp3) is 0.0800. The zero-order valence-electron chi connectivity index (χ0n) is 19.2. The summed E-state index contributed by atoms with van der Waals surface area (Å²) in [6.07, 6.45) is 5.72. The highest BCUT2D eigenvalue weighted by molar-refractivity contribution is 7.90. The lowest BCUT2D eigenvalue weighted by molar-refractivity contribution is 0.558. The number of aromatic nitrogens is 6. The van der Waals surface area contributed by atoms with E-state index in [0.717, 1.165) is 17.4 Å². The van der Waals surface area contributed by atoms with Crippen molar-refractivity contribution in [2.75, 3.05) is 6.26 Å². The van der Waals surface area contributed by atoms with Crippen molar-refractivity contribution in [1.29, 1.82) is 0 Å². The number of hydrogen-bond acceptors (Lipinski definition) is 8. The van der Waals surface area contributed by atoms with Gasteiger partial charge in [0.05, 0.1) is 15.6 Å². The predicted octanol–water partition coefficient (Wildman–Crippen LogP) is 4.92. The van der Waals surface area contributed by atoms with E-state index in [-0.39, 0.29) is 10.8 Å². The molecule has 0 aliphatic carbocycles. The lowest BCUT2D eigenvalue weighted by atomic mass is 10.1.